The summed E-state index contributed by atoms with van der Waals surface area (Å²) < 4.78 is 22.3. The molecule has 0 bridgehead atoms. The van der Waals surface area contributed by atoms with Crippen LogP contribution in [0.2, 0.25) is 0 Å². The highest BCUT2D eigenvalue weighted by Gasteiger charge is 2.19. The van der Waals surface area contributed by atoms with Gasteiger partial charge in [0.25, 0.3) is 0 Å². The molecule has 3 rings (SSSR count). The predicted molar refractivity (Wildman–Crippen MR) is 119 cm³/mol. The maximum absolute atomic E-state index is 12.3. The second kappa shape index (κ2) is 10.0. The van der Waals surface area contributed by atoms with Crippen molar-refractivity contribution in [1.29, 1.82) is 0 Å². The number of nitrogens with two attached hydrogens (primary N) is 1. The minimum atomic E-state index is -0.308. The molecule has 3 aromatic rings. The summed E-state index contributed by atoms with van der Waals surface area (Å²) in [6.45, 7) is 0. The summed E-state index contributed by atoms with van der Waals surface area (Å²) in [6.07, 6.45) is 0. The summed E-state index contributed by atoms with van der Waals surface area (Å²) in [5.74, 6) is 7.80. The van der Waals surface area contributed by atoms with Crippen LogP contribution in [-0.4, -0.2) is 60.1 Å². The Bertz CT molecular complexity index is 1090. The molecule has 0 radical (unpaired) electrons. The average Bonchev–Trinajstić information content (AvgIpc) is 3.16. The largest absolute Gasteiger partial charge is 0.504 e. The molecule has 0 saturated carbocycles. The van der Waals surface area contributed by atoms with Crippen molar-refractivity contribution in [3.63, 3.8) is 0 Å². The van der Waals surface area contributed by atoms with Crippen LogP contribution in [0, 0.1) is 0 Å². The standard InChI is InChI=1S/C20H23N5O6S/c1-28-14-6-5-12(9-13(14)26)22-17(27)10-32-20-24-23-19(25(20)21)11-7-15(29-2)18(31-4)16(8-11)30-3/h5-9,26H,10,21H2,1-4H3,(H,22,27). The smallest absolute Gasteiger partial charge is 0.234 e. The predicted octanol–water partition coefficient (Wildman–Crippen LogP) is 2.13. The lowest BCUT2D eigenvalue weighted by Crippen LogP contribution is -2.16. The summed E-state index contributed by atoms with van der Waals surface area (Å²) in [7, 11) is 5.98. The van der Waals surface area contributed by atoms with E-state index in [9.17, 15) is 9.90 Å². The minimum Gasteiger partial charge on any atom is -0.504 e. The molecule has 0 fully saturated rings. The van der Waals surface area contributed by atoms with Crippen LogP contribution < -0.4 is 30.1 Å². The maximum atomic E-state index is 12.3. The number of ether oxygens (including phenoxy) is 4. The quantitative estimate of drug-likeness (QED) is 0.320. The zero-order chi connectivity index (χ0) is 23.3. The molecule has 0 atom stereocenters. The van der Waals surface area contributed by atoms with Crippen LogP contribution in [0.1, 0.15) is 0 Å². The number of carbonyl (C=O) groups excluding carboxylic acids is 1. The number of phenols is 1. The Morgan fingerprint density at radius 3 is 2.25 bits per heavy atom. The number of amides is 1. The number of thioether (sulfide) groups is 1. The zero-order valence-corrected chi connectivity index (χ0v) is 18.7. The van der Waals surface area contributed by atoms with Crippen LogP contribution in [0.25, 0.3) is 11.4 Å². The normalized spacial score (nSPS) is 10.5. The Kier molecular flexibility index (Phi) is 7.15. The Hall–Kier alpha value is -3.80. The summed E-state index contributed by atoms with van der Waals surface area (Å²) in [5.41, 5.74) is 1.03. The van der Waals surface area contributed by atoms with Crippen molar-refractivity contribution in [2.75, 3.05) is 45.4 Å². The lowest BCUT2D eigenvalue weighted by Gasteiger charge is -2.13. The van der Waals surface area contributed by atoms with E-state index in [2.05, 4.69) is 15.5 Å². The Morgan fingerprint density at radius 2 is 1.69 bits per heavy atom. The number of carbonyl (C=O) groups is 1. The molecule has 1 amide bonds. The van der Waals surface area contributed by atoms with Gasteiger partial charge in [-0.15, -0.1) is 10.2 Å². The van der Waals surface area contributed by atoms with Gasteiger partial charge in [-0.3, -0.25) is 4.79 Å². The second-order valence-electron chi connectivity index (χ2n) is 6.31. The number of nitrogens with one attached hydrogen (secondary N) is 1. The van der Waals surface area contributed by atoms with E-state index in [0.717, 1.165) is 11.8 Å². The summed E-state index contributed by atoms with van der Waals surface area (Å²) in [4.78, 5) is 12.3. The van der Waals surface area contributed by atoms with Gasteiger partial charge in [-0.05, 0) is 24.3 Å². The molecular formula is C20H23N5O6S. The molecule has 0 unspecified atom stereocenters. The lowest BCUT2D eigenvalue weighted by molar-refractivity contribution is -0.113. The Morgan fingerprint density at radius 1 is 1.03 bits per heavy atom. The highest BCUT2D eigenvalue weighted by Crippen LogP contribution is 2.41. The lowest BCUT2D eigenvalue weighted by atomic mass is 10.1. The van der Waals surface area contributed by atoms with Crippen molar-refractivity contribution in [1.82, 2.24) is 14.9 Å². The first-order chi connectivity index (χ1) is 15.4. The number of nitrogens with zero attached hydrogens (tertiary/aromatic N) is 3. The molecule has 32 heavy (non-hydrogen) atoms. The van der Waals surface area contributed by atoms with Gasteiger partial charge in [0.1, 0.15) is 0 Å². The monoisotopic (exact) mass is 461 g/mol. The number of aromatic nitrogens is 3. The van der Waals surface area contributed by atoms with Crippen LogP contribution in [0.5, 0.6) is 28.7 Å². The number of phenolic OH excluding ortho intramolecular Hbond substituents is 1. The van der Waals surface area contributed by atoms with Gasteiger partial charge in [-0.25, -0.2) is 4.68 Å². The number of methoxy groups -OCH3 is 4. The van der Waals surface area contributed by atoms with Crippen LogP contribution in [0.3, 0.4) is 0 Å². The van der Waals surface area contributed by atoms with E-state index in [1.807, 2.05) is 0 Å². The van der Waals surface area contributed by atoms with Crippen LogP contribution >= 0.6 is 11.8 Å². The van der Waals surface area contributed by atoms with Crippen molar-refractivity contribution in [2.45, 2.75) is 5.16 Å². The molecule has 11 nitrogen and oxygen atoms in total. The minimum absolute atomic E-state index is 0.0252. The molecule has 1 heterocycles. The van der Waals surface area contributed by atoms with Crippen molar-refractivity contribution in [2.24, 2.45) is 0 Å². The molecule has 1 aromatic heterocycles. The maximum Gasteiger partial charge on any atom is 0.234 e. The van der Waals surface area contributed by atoms with E-state index < -0.39 is 0 Å². The van der Waals surface area contributed by atoms with Gasteiger partial charge in [0.15, 0.2) is 28.8 Å². The molecule has 0 spiro atoms. The summed E-state index contributed by atoms with van der Waals surface area (Å²) >= 11 is 1.11. The van der Waals surface area contributed by atoms with Crippen LogP contribution in [-0.2, 0) is 4.79 Å². The van der Waals surface area contributed by atoms with E-state index in [0.29, 0.717) is 45.2 Å². The second-order valence-corrected chi connectivity index (χ2v) is 7.26. The van der Waals surface area contributed by atoms with Crippen molar-refractivity contribution in [3.8, 4) is 40.1 Å². The SMILES string of the molecule is COc1ccc(NC(=O)CSc2nnc(-c3cc(OC)c(OC)c(OC)c3)n2N)cc1O. The molecule has 0 aliphatic carbocycles. The first kappa shape index (κ1) is 22.9. The molecule has 12 heteroatoms. The van der Waals surface area contributed by atoms with E-state index in [-0.39, 0.29) is 17.4 Å². The van der Waals surface area contributed by atoms with Crippen molar-refractivity contribution >= 4 is 23.4 Å². The van der Waals surface area contributed by atoms with Gasteiger partial charge in [0.05, 0.1) is 34.2 Å². The number of aromatic hydroxyl groups is 1. The Labute approximate surface area is 188 Å². The number of hydrogen-bond donors (Lipinski definition) is 3. The van der Waals surface area contributed by atoms with Gasteiger partial charge < -0.3 is 35.2 Å². The fourth-order valence-corrected chi connectivity index (χ4v) is 3.53. The number of anilines is 1. The van der Waals surface area contributed by atoms with Gasteiger partial charge in [0, 0.05) is 17.3 Å². The third kappa shape index (κ3) is 4.75. The van der Waals surface area contributed by atoms with Crippen LogP contribution in [0.4, 0.5) is 5.69 Å². The van der Waals surface area contributed by atoms with Crippen molar-refractivity contribution < 1.29 is 28.8 Å². The molecule has 2 aromatic carbocycles. The first-order valence-electron chi connectivity index (χ1n) is 9.22. The van der Waals surface area contributed by atoms with E-state index >= 15 is 0 Å². The van der Waals surface area contributed by atoms with Gasteiger partial charge in [0.2, 0.25) is 16.8 Å². The molecule has 0 saturated heterocycles. The van der Waals surface area contributed by atoms with Crippen LogP contribution in [0.15, 0.2) is 35.5 Å². The van der Waals surface area contributed by atoms with E-state index in [4.69, 9.17) is 24.8 Å². The average molecular weight is 462 g/mol. The molecule has 0 aliphatic heterocycles. The number of benzene rings is 2. The number of nitrogen functional groups attached to an aromatic ring is 1. The topological polar surface area (TPSA) is 143 Å². The van der Waals surface area contributed by atoms with Gasteiger partial charge >= 0.3 is 0 Å². The molecule has 4 N–H and O–H groups in total. The Balaban J connectivity index is 1.73. The van der Waals surface area contributed by atoms with Gasteiger partial charge in [-0.2, -0.15) is 0 Å². The molecular weight excluding hydrogens is 438 g/mol. The zero-order valence-electron chi connectivity index (χ0n) is 17.9. The van der Waals surface area contributed by atoms with E-state index in [1.165, 1.54) is 39.2 Å². The van der Waals surface area contributed by atoms with Crippen molar-refractivity contribution in [3.05, 3.63) is 30.3 Å². The number of rotatable bonds is 9. The summed E-state index contributed by atoms with van der Waals surface area (Å²) in [5, 5.41) is 21.0. The highest BCUT2D eigenvalue weighted by atomic mass is 32.2. The number of hydrogen-bond acceptors (Lipinski definition) is 10. The third-order valence-corrected chi connectivity index (χ3v) is 5.33. The molecule has 0 aliphatic rings. The fourth-order valence-electron chi connectivity index (χ4n) is 2.88. The third-order valence-electron chi connectivity index (χ3n) is 4.38. The fraction of sp³-hybridized carbons (Fsp3) is 0.250. The first-order valence-corrected chi connectivity index (χ1v) is 10.2. The van der Waals surface area contributed by atoms with Gasteiger partial charge in [-0.1, -0.05) is 11.8 Å². The molecule has 170 valence electrons. The summed E-state index contributed by atoms with van der Waals surface area (Å²) in [6, 6.07) is 7.97. The van der Waals surface area contributed by atoms with E-state index in [1.54, 1.807) is 24.3 Å². The highest BCUT2D eigenvalue weighted by molar-refractivity contribution is 7.99.